The third kappa shape index (κ3) is 5.43. The van der Waals surface area contributed by atoms with Crippen molar-refractivity contribution >= 4 is 39.7 Å². The van der Waals surface area contributed by atoms with E-state index in [4.69, 9.17) is 21.3 Å². The Kier molecular flexibility index (Phi) is 6.40. The van der Waals surface area contributed by atoms with Crippen LogP contribution in [0.3, 0.4) is 0 Å². The summed E-state index contributed by atoms with van der Waals surface area (Å²) in [5.74, 6) is -0.0482. The Balaban J connectivity index is 1.76. The van der Waals surface area contributed by atoms with E-state index in [9.17, 15) is 4.79 Å². The van der Waals surface area contributed by atoms with E-state index in [1.807, 2.05) is 29.2 Å². The minimum atomic E-state index is -0.0482. The number of hydrogen-bond donors (Lipinski definition) is 1. The Morgan fingerprint density at radius 2 is 2.11 bits per heavy atom. The van der Waals surface area contributed by atoms with E-state index in [0.717, 1.165) is 36.0 Å². The normalized spacial score (nSPS) is 17.1. The second-order valence-corrected chi connectivity index (χ2v) is 9.04. The number of thiazole rings is 1. The van der Waals surface area contributed by atoms with Crippen LogP contribution in [-0.4, -0.2) is 36.7 Å². The molecule has 1 fully saturated rings. The first kappa shape index (κ1) is 20.1. The fraction of sp³-hybridized carbons (Fsp3) is 0.500. The minimum absolute atomic E-state index is 0.0392. The molecule has 1 N–H and O–H groups in total. The summed E-state index contributed by atoms with van der Waals surface area (Å²) in [4.78, 5) is 19.3. The number of ether oxygens (including phenoxy) is 1. The summed E-state index contributed by atoms with van der Waals surface area (Å²) < 4.78 is 5.58. The lowest BCUT2D eigenvalue weighted by Crippen LogP contribution is -2.38. The summed E-state index contributed by atoms with van der Waals surface area (Å²) in [5, 5.41) is 6.51. The summed E-state index contributed by atoms with van der Waals surface area (Å²) in [6, 6.07) is 7.47. The second-order valence-electron chi connectivity index (χ2n) is 7.77. The number of hydrogen-bond acceptors (Lipinski definition) is 5. The van der Waals surface area contributed by atoms with Crippen molar-refractivity contribution < 1.29 is 9.53 Å². The average Bonchev–Trinajstić information content (AvgIpc) is 3.30. The van der Waals surface area contributed by atoms with Crippen LogP contribution in [-0.2, 0) is 14.9 Å². The zero-order valence-electron chi connectivity index (χ0n) is 16.0. The maximum Gasteiger partial charge on any atom is 0.240 e. The molecular weight excluding hydrogens is 382 g/mol. The zero-order chi connectivity index (χ0) is 19.4. The molecule has 0 bridgehead atoms. The molecule has 0 saturated carbocycles. The predicted octanol–water partition coefficient (Wildman–Crippen LogP) is 4.53. The van der Waals surface area contributed by atoms with Gasteiger partial charge in [-0.25, -0.2) is 4.98 Å². The van der Waals surface area contributed by atoms with Crippen LogP contribution in [0.2, 0.25) is 5.02 Å². The van der Waals surface area contributed by atoms with E-state index in [1.165, 1.54) is 0 Å². The highest BCUT2D eigenvalue weighted by molar-refractivity contribution is 7.13. The highest BCUT2D eigenvalue weighted by Crippen LogP contribution is 2.33. The Hall–Kier alpha value is -1.63. The van der Waals surface area contributed by atoms with Gasteiger partial charge in [0.1, 0.15) is 6.54 Å². The predicted molar refractivity (Wildman–Crippen MR) is 111 cm³/mol. The van der Waals surface area contributed by atoms with Crippen molar-refractivity contribution in [3.8, 4) is 0 Å². The van der Waals surface area contributed by atoms with Gasteiger partial charge in [0.25, 0.3) is 0 Å². The quantitative estimate of drug-likeness (QED) is 0.764. The molecule has 0 spiro atoms. The maximum absolute atomic E-state index is 12.6. The van der Waals surface area contributed by atoms with Crippen LogP contribution in [0.25, 0.3) is 0 Å². The number of amides is 1. The van der Waals surface area contributed by atoms with Gasteiger partial charge in [-0.1, -0.05) is 32.4 Å². The lowest BCUT2D eigenvalue weighted by atomic mass is 9.93. The molecule has 2 heterocycles. The van der Waals surface area contributed by atoms with E-state index in [0.29, 0.717) is 11.6 Å². The van der Waals surface area contributed by atoms with Crippen LogP contribution >= 0.6 is 22.9 Å². The fourth-order valence-corrected chi connectivity index (χ4v) is 4.05. The number of carbonyl (C=O) groups is 1. The number of anilines is 2. The Morgan fingerprint density at radius 3 is 2.70 bits per heavy atom. The molecule has 2 aromatic rings. The molecule has 146 valence electrons. The van der Waals surface area contributed by atoms with Gasteiger partial charge in [-0.3, -0.25) is 4.79 Å². The van der Waals surface area contributed by atoms with E-state index >= 15 is 0 Å². The van der Waals surface area contributed by atoms with Gasteiger partial charge < -0.3 is 15.0 Å². The van der Waals surface area contributed by atoms with Crippen molar-refractivity contribution in [2.24, 2.45) is 0 Å². The van der Waals surface area contributed by atoms with Gasteiger partial charge in [0.15, 0.2) is 5.13 Å². The smallest absolute Gasteiger partial charge is 0.240 e. The first-order valence-electron chi connectivity index (χ1n) is 9.20. The molecule has 1 aliphatic heterocycles. The first-order chi connectivity index (χ1) is 12.8. The standard InChI is InChI=1S/C20H26ClN3O2S/c1-20(2,3)17-13-27-19(23-17)24(15-8-6-14(21)7-9-15)12-18(25)22-11-16-5-4-10-26-16/h6-9,13,16H,4-5,10-12H2,1-3H3,(H,22,25)/t16-/m0/s1. The van der Waals surface area contributed by atoms with E-state index in [-0.39, 0.29) is 24.0 Å². The van der Waals surface area contributed by atoms with Crippen LogP contribution in [0.1, 0.15) is 39.3 Å². The lowest BCUT2D eigenvalue weighted by molar-refractivity contribution is -0.120. The molecule has 0 radical (unpaired) electrons. The Morgan fingerprint density at radius 1 is 1.37 bits per heavy atom. The highest BCUT2D eigenvalue weighted by Gasteiger charge is 2.23. The summed E-state index contributed by atoms with van der Waals surface area (Å²) in [6.07, 6.45) is 2.19. The summed E-state index contributed by atoms with van der Waals surface area (Å²) in [6.45, 7) is 7.93. The topological polar surface area (TPSA) is 54.5 Å². The van der Waals surface area contributed by atoms with Crippen molar-refractivity contribution in [1.82, 2.24) is 10.3 Å². The van der Waals surface area contributed by atoms with Gasteiger partial charge in [0, 0.05) is 34.7 Å². The van der Waals surface area contributed by atoms with Crippen LogP contribution < -0.4 is 10.2 Å². The van der Waals surface area contributed by atoms with Gasteiger partial charge in [-0.15, -0.1) is 11.3 Å². The molecule has 1 amide bonds. The monoisotopic (exact) mass is 407 g/mol. The maximum atomic E-state index is 12.6. The average molecular weight is 408 g/mol. The van der Waals surface area contributed by atoms with Crippen LogP contribution in [0.5, 0.6) is 0 Å². The summed E-state index contributed by atoms with van der Waals surface area (Å²) in [7, 11) is 0. The molecule has 1 aliphatic rings. The molecule has 7 heteroatoms. The molecule has 1 saturated heterocycles. The minimum Gasteiger partial charge on any atom is -0.376 e. The molecule has 3 rings (SSSR count). The van der Waals surface area contributed by atoms with Crippen molar-refractivity contribution in [1.29, 1.82) is 0 Å². The molecule has 0 unspecified atom stereocenters. The number of halogens is 1. The van der Waals surface area contributed by atoms with E-state index in [2.05, 4.69) is 31.5 Å². The lowest BCUT2D eigenvalue weighted by Gasteiger charge is -2.22. The molecule has 5 nitrogen and oxygen atoms in total. The molecule has 0 aliphatic carbocycles. The zero-order valence-corrected chi connectivity index (χ0v) is 17.6. The summed E-state index contributed by atoms with van der Waals surface area (Å²) >= 11 is 7.58. The van der Waals surface area contributed by atoms with Gasteiger partial charge >= 0.3 is 0 Å². The molecular formula is C20H26ClN3O2S. The second kappa shape index (κ2) is 8.59. The molecule has 1 aromatic heterocycles. The third-order valence-corrected chi connectivity index (χ3v) is 5.60. The number of benzene rings is 1. The van der Waals surface area contributed by atoms with Crippen molar-refractivity contribution in [3.63, 3.8) is 0 Å². The summed E-state index contributed by atoms with van der Waals surface area (Å²) in [5.41, 5.74) is 1.87. The number of nitrogens with one attached hydrogen (secondary N) is 1. The van der Waals surface area contributed by atoms with E-state index in [1.54, 1.807) is 11.3 Å². The number of carbonyl (C=O) groups excluding carboxylic acids is 1. The van der Waals surface area contributed by atoms with Crippen LogP contribution in [0, 0.1) is 0 Å². The van der Waals surface area contributed by atoms with Gasteiger partial charge in [0.05, 0.1) is 11.8 Å². The Bertz CT molecular complexity index is 764. The van der Waals surface area contributed by atoms with Crippen LogP contribution in [0.4, 0.5) is 10.8 Å². The number of rotatable bonds is 6. The largest absolute Gasteiger partial charge is 0.376 e. The number of aromatic nitrogens is 1. The number of nitrogens with zero attached hydrogens (tertiary/aromatic N) is 2. The third-order valence-electron chi connectivity index (χ3n) is 4.48. The highest BCUT2D eigenvalue weighted by atomic mass is 35.5. The van der Waals surface area contributed by atoms with Gasteiger partial charge in [-0.2, -0.15) is 0 Å². The van der Waals surface area contributed by atoms with Gasteiger partial charge in [-0.05, 0) is 37.1 Å². The Labute approximate surface area is 169 Å². The van der Waals surface area contributed by atoms with Crippen molar-refractivity contribution in [2.75, 3.05) is 24.6 Å². The molecule has 1 atom stereocenters. The molecule has 1 aromatic carbocycles. The fourth-order valence-electron chi connectivity index (χ4n) is 2.86. The molecule has 27 heavy (non-hydrogen) atoms. The van der Waals surface area contributed by atoms with E-state index < -0.39 is 0 Å². The SMILES string of the molecule is CC(C)(C)c1csc(N(CC(=O)NC[C@@H]2CCCO2)c2ccc(Cl)cc2)n1. The van der Waals surface area contributed by atoms with Crippen molar-refractivity contribution in [3.05, 3.63) is 40.4 Å². The van der Waals surface area contributed by atoms with Gasteiger partial charge in [0.2, 0.25) is 5.91 Å². The van der Waals surface area contributed by atoms with Crippen LogP contribution in [0.15, 0.2) is 29.6 Å². The first-order valence-corrected chi connectivity index (χ1v) is 10.5. The van der Waals surface area contributed by atoms with Crippen molar-refractivity contribution in [2.45, 2.75) is 45.1 Å².